The van der Waals surface area contributed by atoms with E-state index in [9.17, 15) is 9.59 Å². The molecule has 0 radical (unpaired) electrons. The Bertz CT molecular complexity index is 1470. The molecule has 3 aromatic rings. The van der Waals surface area contributed by atoms with Gasteiger partial charge in [0.25, 0.3) is 5.91 Å². The highest BCUT2D eigenvalue weighted by molar-refractivity contribution is 6.06. The molecule has 0 spiro atoms. The van der Waals surface area contributed by atoms with Crippen LogP contribution in [0.1, 0.15) is 76.6 Å². The van der Waals surface area contributed by atoms with Gasteiger partial charge >= 0.3 is 6.03 Å². The molecule has 0 atom stereocenters. The monoisotopic (exact) mass is 660 g/mol. The van der Waals surface area contributed by atoms with Gasteiger partial charge in [0, 0.05) is 48.7 Å². The number of hydrogen-bond donors (Lipinski definition) is 2. The van der Waals surface area contributed by atoms with Crippen molar-refractivity contribution in [3.8, 4) is 28.7 Å². The van der Waals surface area contributed by atoms with E-state index in [4.69, 9.17) is 18.9 Å². The van der Waals surface area contributed by atoms with Crippen LogP contribution < -0.4 is 34.5 Å². The number of unbranched alkanes of at least 4 members (excludes halogenated alkanes) is 1. The zero-order valence-electron chi connectivity index (χ0n) is 29.3. The minimum atomic E-state index is -0.263. The van der Waals surface area contributed by atoms with Gasteiger partial charge in [0.15, 0.2) is 23.0 Å². The van der Waals surface area contributed by atoms with Gasteiger partial charge in [0.2, 0.25) is 0 Å². The molecule has 3 aromatic carbocycles. The van der Waals surface area contributed by atoms with E-state index in [0.29, 0.717) is 46.5 Å². The number of rotatable bonds is 16. The van der Waals surface area contributed by atoms with Crippen LogP contribution in [-0.4, -0.2) is 69.4 Å². The first kappa shape index (κ1) is 36.4. The van der Waals surface area contributed by atoms with E-state index in [1.807, 2.05) is 51.1 Å². The number of likely N-dealkylation sites (tertiary alicyclic amines) is 1. The van der Waals surface area contributed by atoms with Gasteiger partial charge in [-0.25, -0.2) is 4.79 Å². The molecule has 1 heterocycles. The topological polar surface area (TPSA) is 102 Å². The number of hydrogen-bond acceptors (Lipinski definition) is 7. The Balaban J connectivity index is 1.39. The van der Waals surface area contributed by atoms with Crippen molar-refractivity contribution in [2.24, 2.45) is 0 Å². The molecular formula is C38H52N4O6. The van der Waals surface area contributed by atoms with E-state index in [1.165, 1.54) is 12.8 Å². The zero-order chi connectivity index (χ0) is 34.5. The predicted molar refractivity (Wildman–Crippen MR) is 191 cm³/mol. The van der Waals surface area contributed by atoms with Crippen LogP contribution in [0.5, 0.6) is 28.7 Å². The number of carbonyl (C=O) groups excluding carboxylic acids is 2. The lowest BCUT2D eigenvalue weighted by molar-refractivity contribution is 0.0968. The normalized spacial score (nSPS) is 13.6. The van der Waals surface area contributed by atoms with Gasteiger partial charge < -0.3 is 39.4 Å². The number of benzene rings is 3. The second kappa shape index (κ2) is 18.2. The van der Waals surface area contributed by atoms with Crippen LogP contribution in [0.4, 0.5) is 16.2 Å². The fourth-order valence-corrected chi connectivity index (χ4v) is 5.81. The van der Waals surface area contributed by atoms with Crippen LogP contribution in [0.3, 0.4) is 0 Å². The average molecular weight is 661 g/mol. The molecule has 0 bridgehead atoms. The molecule has 4 rings (SSSR count). The summed E-state index contributed by atoms with van der Waals surface area (Å²) in [6.07, 6.45) is 6.24. The van der Waals surface area contributed by atoms with E-state index in [2.05, 4.69) is 22.5 Å². The predicted octanol–water partition coefficient (Wildman–Crippen LogP) is 8.12. The molecule has 260 valence electrons. The maximum Gasteiger partial charge on any atom is 0.319 e. The molecule has 10 nitrogen and oxygen atoms in total. The summed E-state index contributed by atoms with van der Waals surface area (Å²) >= 11 is 0. The first-order chi connectivity index (χ1) is 23.3. The third kappa shape index (κ3) is 9.79. The Morgan fingerprint density at radius 1 is 0.854 bits per heavy atom. The molecule has 48 heavy (non-hydrogen) atoms. The van der Waals surface area contributed by atoms with Crippen LogP contribution in [0.25, 0.3) is 0 Å². The largest absolute Gasteiger partial charge is 0.493 e. The van der Waals surface area contributed by atoms with Gasteiger partial charge in [-0.1, -0.05) is 27.2 Å². The number of ether oxygens (including phenoxy) is 4. The molecule has 3 amide bonds. The summed E-state index contributed by atoms with van der Waals surface area (Å²) in [6, 6.07) is 17.8. The number of methoxy groups -OCH3 is 2. The molecule has 1 aliphatic heterocycles. The smallest absolute Gasteiger partial charge is 0.319 e. The molecule has 1 fully saturated rings. The van der Waals surface area contributed by atoms with Gasteiger partial charge in [-0.15, -0.1) is 0 Å². The van der Waals surface area contributed by atoms with Gasteiger partial charge in [-0.05, 0) is 100 Å². The van der Waals surface area contributed by atoms with Gasteiger partial charge in [-0.3, -0.25) is 4.79 Å². The first-order valence-electron chi connectivity index (χ1n) is 17.2. The van der Waals surface area contributed by atoms with Crippen LogP contribution in [-0.2, 0) is 0 Å². The third-order valence-corrected chi connectivity index (χ3v) is 8.75. The van der Waals surface area contributed by atoms with Gasteiger partial charge in [-0.2, -0.15) is 0 Å². The summed E-state index contributed by atoms with van der Waals surface area (Å²) in [5.74, 6) is 2.62. The highest BCUT2D eigenvalue weighted by atomic mass is 16.5. The van der Waals surface area contributed by atoms with Crippen LogP contribution in [0.15, 0.2) is 60.7 Å². The lowest BCUT2D eigenvalue weighted by Crippen LogP contribution is -2.38. The Morgan fingerprint density at radius 2 is 1.52 bits per heavy atom. The molecule has 0 unspecified atom stereocenters. The summed E-state index contributed by atoms with van der Waals surface area (Å²) in [7, 11) is 3.15. The first-order valence-corrected chi connectivity index (χ1v) is 17.2. The number of nitrogens with zero attached hydrogens (tertiary/aromatic N) is 2. The molecule has 0 aromatic heterocycles. The van der Waals surface area contributed by atoms with Crippen molar-refractivity contribution in [3.63, 3.8) is 0 Å². The van der Waals surface area contributed by atoms with Crippen LogP contribution >= 0.6 is 0 Å². The highest BCUT2D eigenvalue weighted by Gasteiger charge is 2.23. The molecule has 2 N–H and O–H groups in total. The Hall–Kier alpha value is -4.44. The molecule has 1 saturated heterocycles. The summed E-state index contributed by atoms with van der Waals surface area (Å²) in [5.41, 5.74) is 1.84. The van der Waals surface area contributed by atoms with E-state index < -0.39 is 0 Å². The van der Waals surface area contributed by atoms with Crippen molar-refractivity contribution < 1.29 is 28.5 Å². The van der Waals surface area contributed by atoms with E-state index in [1.54, 1.807) is 49.5 Å². The number of piperidine rings is 1. The van der Waals surface area contributed by atoms with Gasteiger partial charge in [0.1, 0.15) is 11.9 Å². The standard InChI is InChI=1S/C38H52N4O6/c1-7-11-22-41-23-20-32(21-24-41)48-33-18-12-27(25-35(33)45-5)37(43)42(10-4)30-14-16-31(17-15-30)47-34-19-13-29(26-36(34)46-6)40-38(44)39-28(8-2)9-3/h12-19,25-26,28,32H,7-11,20-24H2,1-6H3,(H2,39,40,44). The molecular weight excluding hydrogens is 608 g/mol. The number of amides is 3. The van der Waals surface area contributed by atoms with Gasteiger partial charge in [0.05, 0.1) is 14.2 Å². The lowest BCUT2D eigenvalue weighted by atomic mass is 10.1. The van der Waals surface area contributed by atoms with Crippen molar-refractivity contribution in [3.05, 3.63) is 66.2 Å². The maximum absolute atomic E-state index is 13.7. The fraction of sp³-hybridized carbons (Fsp3) is 0.474. The number of urea groups is 1. The minimum Gasteiger partial charge on any atom is -0.493 e. The minimum absolute atomic E-state index is 0.118. The van der Waals surface area contributed by atoms with Crippen molar-refractivity contribution in [1.29, 1.82) is 0 Å². The Kier molecular flexibility index (Phi) is 13.8. The van der Waals surface area contributed by atoms with Crippen LogP contribution in [0, 0.1) is 0 Å². The Morgan fingerprint density at radius 3 is 2.15 bits per heavy atom. The Labute approximate surface area is 285 Å². The molecule has 1 aliphatic rings. The van der Waals surface area contributed by atoms with Crippen LogP contribution in [0.2, 0.25) is 0 Å². The average Bonchev–Trinajstić information content (AvgIpc) is 3.11. The maximum atomic E-state index is 13.7. The van der Waals surface area contributed by atoms with E-state index in [0.717, 1.165) is 51.0 Å². The van der Waals surface area contributed by atoms with Crippen molar-refractivity contribution in [2.75, 3.05) is 50.6 Å². The second-order valence-corrected chi connectivity index (χ2v) is 12.0. The number of nitrogens with one attached hydrogen (secondary N) is 2. The van der Waals surface area contributed by atoms with E-state index >= 15 is 0 Å². The molecule has 10 heteroatoms. The van der Waals surface area contributed by atoms with Crippen molar-refractivity contribution in [2.45, 2.75) is 78.4 Å². The number of carbonyl (C=O) groups is 2. The zero-order valence-corrected chi connectivity index (χ0v) is 29.3. The number of anilines is 2. The van der Waals surface area contributed by atoms with Crippen molar-refractivity contribution in [1.82, 2.24) is 10.2 Å². The van der Waals surface area contributed by atoms with E-state index in [-0.39, 0.29) is 24.1 Å². The molecule has 0 saturated carbocycles. The summed E-state index contributed by atoms with van der Waals surface area (Å²) < 4.78 is 23.6. The third-order valence-electron chi connectivity index (χ3n) is 8.75. The van der Waals surface area contributed by atoms with Crippen molar-refractivity contribution >= 4 is 23.3 Å². The SMILES string of the molecule is CCCCN1CCC(Oc2ccc(C(=O)N(CC)c3ccc(Oc4ccc(NC(=O)NC(CC)CC)cc4OC)cc3)cc2OC)CC1. The summed E-state index contributed by atoms with van der Waals surface area (Å²) in [4.78, 5) is 30.3. The molecule has 0 aliphatic carbocycles. The summed E-state index contributed by atoms with van der Waals surface area (Å²) in [5, 5.41) is 5.81. The summed E-state index contributed by atoms with van der Waals surface area (Å²) in [6.45, 7) is 11.9. The fourth-order valence-electron chi connectivity index (χ4n) is 5.81. The highest BCUT2D eigenvalue weighted by Crippen LogP contribution is 2.35. The second-order valence-electron chi connectivity index (χ2n) is 12.0. The quantitative estimate of drug-likeness (QED) is 0.160. The lowest BCUT2D eigenvalue weighted by Gasteiger charge is -2.32.